The number of halogens is 3. The quantitative estimate of drug-likeness (QED) is 0.660. The first-order valence-corrected chi connectivity index (χ1v) is 7.28. The van der Waals surface area contributed by atoms with Crippen LogP contribution >= 0.6 is 0 Å². The molecule has 2 aliphatic carbocycles. The zero-order chi connectivity index (χ0) is 15.0. The summed E-state index contributed by atoms with van der Waals surface area (Å²) in [5, 5.41) is 0. The Kier molecular flexibility index (Phi) is 3.84. The molecule has 2 bridgehead atoms. The van der Waals surface area contributed by atoms with Crippen LogP contribution in [0.3, 0.4) is 0 Å². The van der Waals surface area contributed by atoms with Gasteiger partial charge in [0.2, 0.25) is 0 Å². The number of para-hydroxylation sites is 1. The first-order chi connectivity index (χ1) is 9.98. The zero-order valence-electron chi connectivity index (χ0n) is 11.6. The van der Waals surface area contributed by atoms with Gasteiger partial charge in [0.25, 0.3) is 0 Å². The van der Waals surface area contributed by atoms with Crippen LogP contribution in [0, 0.1) is 17.8 Å². The van der Waals surface area contributed by atoms with Crippen molar-refractivity contribution in [1.29, 1.82) is 0 Å². The van der Waals surface area contributed by atoms with E-state index in [4.69, 9.17) is 5.84 Å². The third-order valence-electron chi connectivity index (χ3n) is 4.88. The van der Waals surface area contributed by atoms with Gasteiger partial charge >= 0.3 is 6.36 Å². The molecule has 0 aliphatic heterocycles. The van der Waals surface area contributed by atoms with Crippen molar-refractivity contribution in [3.63, 3.8) is 0 Å². The first kappa shape index (κ1) is 14.7. The van der Waals surface area contributed by atoms with E-state index in [9.17, 15) is 13.2 Å². The molecule has 1 aromatic rings. The summed E-state index contributed by atoms with van der Waals surface area (Å²) in [5.74, 6) is 7.04. The molecule has 3 rings (SSSR count). The molecule has 2 saturated carbocycles. The largest absolute Gasteiger partial charge is 0.573 e. The Morgan fingerprint density at radius 1 is 1.19 bits per heavy atom. The Morgan fingerprint density at radius 3 is 2.52 bits per heavy atom. The lowest BCUT2D eigenvalue weighted by Crippen LogP contribution is -2.36. The molecule has 21 heavy (non-hydrogen) atoms. The van der Waals surface area contributed by atoms with Crippen LogP contribution in [-0.4, -0.2) is 6.36 Å². The van der Waals surface area contributed by atoms with Crippen molar-refractivity contribution in [2.45, 2.75) is 38.1 Å². The van der Waals surface area contributed by atoms with Crippen LogP contribution in [0.15, 0.2) is 24.3 Å². The summed E-state index contributed by atoms with van der Waals surface area (Å²) in [7, 11) is 0. The predicted octanol–water partition coefficient (Wildman–Crippen LogP) is 3.53. The van der Waals surface area contributed by atoms with Gasteiger partial charge in [-0.3, -0.25) is 11.3 Å². The Morgan fingerprint density at radius 2 is 1.95 bits per heavy atom. The Hall–Kier alpha value is -1.27. The van der Waals surface area contributed by atoms with Gasteiger partial charge in [0, 0.05) is 5.56 Å². The highest BCUT2D eigenvalue weighted by atomic mass is 19.4. The highest BCUT2D eigenvalue weighted by Crippen LogP contribution is 2.53. The number of rotatable bonds is 4. The van der Waals surface area contributed by atoms with Gasteiger partial charge in [-0.05, 0) is 43.1 Å². The molecule has 2 aliphatic rings. The van der Waals surface area contributed by atoms with E-state index in [0.717, 1.165) is 12.8 Å². The molecule has 0 amide bonds. The van der Waals surface area contributed by atoms with E-state index >= 15 is 0 Å². The number of ether oxygens (including phenoxy) is 1. The molecule has 0 radical (unpaired) electrons. The van der Waals surface area contributed by atoms with E-state index < -0.39 is 6.36 Å². The normalized spacial score (nSPS) is 29.6. The monoisotopic (exact) mass is 300 g/mol. The van der Waals surface area contributed by atoms with E-state index in [1.54, 1.807) is 18.2 Å². The average molecular weight is 300 g/mol. The Balaban J connectivity index is 1.87. The van der Waals surface area contributed by atoms with Crippen molar-refractivity contribution in [3.05, 3.63) is 29.8 Å². The summed E-state index contributed by atoms with van der Waals surface area (Å²) in [4.78, 5) is 0. The lowest BCUT2D eigenvalue weighted by Gasteiger charge is -2.31. The van der Waals surface area contributed by atoms with Crippen molar-refractivity contribution in [3.8, 4) is 5.75 Å². The van der Waals surface area contributed by atoms with Gasteiger partial charge < -0.3 is 4.74 Å². The van der Waals surface area contributed by atoms with Crippen LogP contribution in [0.25, 0.3) is 0 Å². The summed E-state index contributed by atoms with van der Waals surface area (Å²) in [6.07, 6.45) is -0.107. The van der Waals surface area contributed by atoms with Crippen LogP contribution in [-0.2, 0) is 0 Å². The molecular weight excluding hydrogens is 281 g/mol. The first-order valence-electron chi connectivity index (χ1n) is 7.28. The molecule has 4 unspecified atom stereocenters. The van der Waals surface area contributed by atoms with Gasteiger partial charge in [0.05, 0.1) is 6.04 Å². The van der Waals surface area contributed by atoms with E-state index in [2.05, 4.69) is 10.2 Å². The summed E-state index contributed by atoms with van der Waals surface area (Å²) in [6.45, 7) is 0. The number of hydrogen-bond acceptors (Lipinski definition) is 3. The third kappa shape index (κ3) is 3.01. The van der Waals surface area contributed by atoms with Crippen LogP contribution in [0.2, 0.25) is 0 Å². The second-order valence-corrected chi connectivity index (χ2v) is 6.07. The van der Waals surface area contributed by atoms with Crippen molar-refractivity contribution in [1.82, 2.24) is 5.43 Å². The minimum absolute atomic E-state index is 0.157. The molecule has 1 aromatic carbocycles. The SMILES string of the molecule is NNC(c1ccccc1OC(F)(F)F)C1CC2CCC1C2. The zero-order valence-corrected chi connectivity index (χ0v) is 11.6. The van der Waals surface area contributed by atoms with Crippen LogP contribution in [0.1, 0.15) is 37.3 Å². The standard InChI is InChI=1S/C15H19F3N2O/c16-15(17,18)21-13-4-2-1-3-11(13)14(20-19)12-8-9-5-6-10(12)7-9/h1-4,9-10,12,14,20H,5-8,19H2. The number of nitrogens with one attached hydrogen (secondary N) is 1. The van der Waals surface area contributed by atoms with Crippen LogP contribution in [0.4, 0.5) is 13.2 Å². The molecule has 0 spiro atoms. The number of alkyl halides is 3. The van der Waals surface area contributed by atoms with Gasteiger partial charge in [-0.25, -0.2) is 0 Å². The highest BCUT2D eigenvalue weighted by molar-refractivity contribution is 5.37. The molecule has 116 valence electrons. The fourth-order valence-corrected chi connectivity index (χ4v) is 4.10. The van der Waals surface area contributed by atoms with Crippen molar-refractivity contribution >= 4 is 0 Å². The predicted molar refractivity (Wildman–Crippen MR) is 72.1 cm³/mol. The molecule has 2 fully saturated rings. The van der Waals surface area contributed by atoms with Crippen molar-refractivity contribution in [2.75, 3.05) is 0 Å². The maximum absolute atomic E-state index is 12.5. The molecular formula is C15H19F3N2O. The molecule has 0 aromatic heterocycles. The van der Waals surface area contributed by atoms with E-state index in [-0.39, 0.29) is 17.7 Å². The highest BCUT2D eigenvalue weighted by Gasteiger charge is 2.44. The third-order valence-corrected chi connectivity index (χ3v) is 4.88. The molecule has 0 heterocycles. The van der Waals surface area contributed by atoms with Gasteiger partial charge in [0.1, 0.15) is 5.75 Å². The number of nitrogens with two attached hydrogens (primary N) is 1. The fourth-order valence-electron chi connectivity index (χ4n) is 4.10. The molecule has 6 heteroatoms. The average Bonchev–Trinajstić information content (AvgIpc) is 3.02. The summed E-state index contributed by atoms with van der Waals surface area (Å²) < 4.78 is 41.8. The maximum atomic E-state index is 12.5. The van der Waals surface area contributed by atoms with Gasteiger partial charge in [-0.1, -0.05) is 24.6 Å². The lowest BCUT2D eigenvalue weighted by molar-refractivity contribution is -0.275. The molecule has 4 atom stereocenters. The van der Waals surface area contributed by atoms with Crippen LogP contribution < -0.4 is 16.0 Å². The number of fused-ring (bicyclic) bond motifs is 2. The number of hydrazine groups is 1. The van der Waals surface area contributed by atoms with Crippen molar-refractivity contribution in [2.24, 2.45) is 23.6 Å². The van der Waals surface area contributed by atoms with E-state index in [1.807, 2.05) is 0 Å². The smallest absolute Gasteiger partial charge is 0.405 e. The fraction of sp³-hybridized carbons (Fsp3) is 0.600. The molecule has 3 N–H and O–H groups in total. The lowest BCUT2D eigenvalue weighted by atomic mass is 9.80. The summed E-state index contributed by atoms with van der Waals surface area (Å²) in [6, 6.07) is 5.98. The van der Waals surface area contributed by atoms with Gasteiger partial charge in [-0.15, -0.1) is 13.2 Å². The molecule has 3 nitrogen and oxygen atoms in total. The van der Waals surface area contributed by atoms with E-state index in [1.165, 1.54) is 18.9 Å². The number of hydrogen-bond donors (Lipinski definition) is 2. The van der Waals surface area contributed by atoms with Crippen molar-refractivity contribution < 1.29 is 17.9 Å². The second kappa shape index (κ2) is 5.50. The number of benzene rings is 1. The topological polar surface area (TPSA) is 47.3 Å². The van der Waals surface area contributed by atoms with Crippen LogP contribution in [0.5, 0.6) is 5.75 Å². The van der Waals surface area contributed by atoms with Gasteiger partial charge in [-0.2, -0.15) is 0 Å². The summed E-state index contributed by atoms with van der Waals surface area (Å²) >= 11 is 0. The van der Waals surface area contributed by atoms with Gasteiger partial charge in [0.15, 0.2) is 0 Å². The minimum atomic E-state index is -4.69. The minimum Gasteiger partial charge on any atom is -0.405 e. The van der Waals surface area contributed by atoms with E-state index in [0.29, 0.717) is 17.4 Å². The maximum Gasteiger partial charge on any atom is 0.573 e. The summed E-state index contributed by atoms with van der Waals surface area (Å²) in [5.41, 5.74) is 3.22. The molecule has 0 saturated heterocycles. The second-order valence-electron chi connectivity index (χ2n) is 6.07. The Labute approximate surface area is 121 Å². The Bertz CT molecular complexity index is 506.